The Morgan fingerprint density at radius 2 is 2.07 bits per heavy atom. The molecule has 1 heterocycles. The van der Waals surface area contributed by atoms with Crippen molar-refractivity contribution in [1.82, 2.24) is 4.98 Å². The van der Waals surface area contributed by atoms with Gasteiger partial charge in [-0.1, -0.05) is 11.6 Å². The molecule has 2 rings (SSSR count). The van der Waals surface area contributed by atoms with Crippen LogP contribution in [0, 0.1) is 6.92 Å². The molecule has 1 aromatic heterocycles. The lowest BCUT2D eigenvalue weighted by molar-refractivity contribution is 0.468. The first-order valence-electron chi connectivity index (χ1n) is 4.10. The standard InChI is InChI=1S/C10H8ClNO2/c1-5-2-7(11)6-4-9(13)10(14)12-8(6)3-5/h2-4,13H,1H3,(H,12,14). The molecule has 3 nitrogen and oxygen atoms in total. The molecular weight excluding hydrogens is 202 g/mol. The molecule has 0 aliphatic heterocycles. The lowest BCUT2D eigenvalue weighted by Gasteiger charge is -2.02. The van der Waals surface area contributed by atoms with Crippen LogP contribution in [0.15, 0.2) is 23.0 Å². The summed E-state index contributed by atoms with van der Waals surface area (Å²) in [7, 11) is 0. The van der Waals surface area contributed by atoms with E-state index >= 15 is 0 Å². The Balaban J connectivity index is 2.96. The number of pyridine rings is 1. The van der Waals surface area contributed by atoms with E-state index < -0.39 is 5.56 Å². The van der Waals surface area contributed by atoms with Crippen LogP contribution in [0.1, 0.15) is 5.56 Å². The van der Waals surface area contributed by atoms with Crippen molar-refractivity contribution in [2.45, 2.75) is 6.92 Å². The summed E-state index contributed by atoms with van der Waals surface area (Å²) in [4.78, 5) is 13.7. The Bertz CT molecular complexity index is 560. The third-order valence-corrected chi connectivity index (χ3v) is 2.35. The second kappa shape index (κ2) is 3.03. The van der Waals surface area contributed by atoms with Gasteiger partial charge in [-0.3, -0.25) is 4.79 Å². The molecule has 0 aliphatic rings. The summed E-state index contributed by atoms with van der Waals surface area (Å²) in [6, 6.07) is 4.96. The Morgan fingerprint density at radius 1 is 1.36 bits per heavy atom. The van der Waals surface area contributed by atoms with Crippen LogP contribution >= 0.6 is 11.6 Å². The molecular formula is C10H8ClNO2. The fourth-order valence-electron chi connectivity index (χ4n) is 1.39. The number of nitrogens with one attached hydrogen (secondary N) is 1. The second-order valence-corrected chi connectivity index (χ2v) is 3.60. The van der Waals surface area contributed by atoms with E-state index in [2.05, 4.69) is 4.98 Å². The molecule has 0 fully saturated rings. The fraction of sp³-hybridized carbons (Fsp3) is 0.100. The van der Waals surface area contributed by atoms with Crippen LogP contribution in [0.25, 0.3) is 10.9 Å². The molecule has 0 spiro atoms. The van der Waals surface area contributed by atoms with Crippen LogP contribution in [-0.4, -0.2) is 10.1 Å². The fourth-order valence-corrected chi connectivity index (χ4v) is 1.72. The molecule has 0 aliphatic carbocycles. The number of fused-ring (bicyclic) bond motifs is 1. The summed E-state index contributed by atoms with van der Waals surface area (Å²) in [5, 5.41) is 10.4. The van der Waals surface area contributed by atoms with Crippen molar-refractivity contribution in [2.75, 3.05) is 0 Å². The number of benzene rings is 1. The van der Waals surface area contributed by atoms with E-state index in [0.29, 0.717) is 15.9 Å². The zero-order valence-electron chi connectivity index (χ0n) is 7.47. The largest absolute Gasteiger partial charge is 0.503 e. The average molecular weight is 210 g/mol. The van der Waals surface area contributed by atoms with Crippen molar-refractivity contribution in [3.8, 4) is 5.75 Å². The number of H-pyrrole nitrogens is 1. The Morgan fingerprint density at radius 3 is 2.79 bits per heavy atom. The van der Waals surface area contributed by atoms with Gasteiger partial charge in [-0.25, -0.2) is 0 Å². The van der Waals surface area contributed by atoms with Crippen molar-refractivity contribution >= 4 is 22.5 Å². The molecule has 0 saturated carbocycles. The molecule has 1 aromatic carbocycles. The van der Waals surface area contributed by atoms with Crippen molar-refractivity contribution in [3.63, 3.8) is 0 Å². The van der Waals surface area contributed by atoms with Gasteiger partial charge in [0, 0.05) is 5.39 Å². The molecule has 0 atom stereocenters. The third-order valence-electron chi connectivity index (χ3n) is 2.04. The molecule has 0 saturated heterocycles. The van der Waals surface area contributed by atoms with Gasteiger partial charge >= 0.3 is 0 Å². The summed E-state index contributed by atoms with van der Waals surface area (Å²) in [5.41, 5.74) is 1.10. The number of aryl methyl sites for hydroxylation is 1. The van der Waals surface area contributed by atoms with Crippen molar-refractivity contribution in [2.24, 2.45) is 0 Å². The third kappa shape index (κ3) is 1.36. The lowest BCUT2D eigenvalue weighted by atomic mass is 10.1. The summed E-state index contributed by atoms with van der Waals surface area (Å²) in [5.74, 6) is -0.316. The van der Waals surface area contributed by atoms with Crippen LogP contribution in [0.5, 0.6) is 5.75 Å². The number of halogens is 1. The number of rotatable bonds is 0. The maximum atomic E-state index is 11.1. The smallest absolute Gasteiger partial charge is 0.290 e. The van der Waals surface area contributed by atoms with E-state index in [4.69, 9.17) is 11.6 Å². The predicted octanol–water partition coefficient (Wildman–Crippen LogP) is 2.20. The SMILES string of the molecule is Cc1cc(Cl)c2cc(O)c(=O)[nH]c2c1. The highest BCUT2D eigenvalue weighted by atomic mass is 35.5. The average Bonchev–Trinajstić information content (AvgIpc) is 2.08. The first kappa shape index (κ1) is 9.09. The minimum Gasteiger partial charge on any atom is -0.503 e. The monoisotopic (exact) mass is 209 g/mol. The van der Waals surface area contributed by atoms with Gasteiger partial charge < -0.3 is 10.1 Å². The molecule has 0 bridgehead atoms. The maximum absolute atomic E-state index is 11.1. The van der Waals surface area contributed by atoms with Gasteiger partial charge in [0.2, 0.25) is 0 Å². The van der Waals surface area contributed by atoms with Gasteiger partial charge in [0.05, 0.1) is 10.5 Å². The minimum atomic E-state index is -0.501. The number of aromatic nitrogens is 1. The van der Waals surface area contributed by atoms with Crippen LogP contribution < -0.4 is 5.56 Å². The number of aromatic hydroxyl groups is 1. The van der Waals surface area contributed by atoms with Crippen LogP contribution in [-0.2, 0) is 0 Å². The van der Waals surface area contributed by atoms with Gasteiger partial charge in [0.15, 0.2) is 5.75 Å². The number of aromatic amines is 1. The van der Waals surface area contributed by atoms with Crippen molar-refractivity contribution < 1.29 is 5.11 Å². The Kier molecular flexibility index (Phi) is 1.97. The predicted molar refractivity (Wildman–Crippen MR) is 56.0 cm³/mol. The van der Waals surface area contributed by atoms with Gasteiger partial charge in [0.25, 0.3) is 5.56 Å². The maximum Gasteiger partial charge on any atom is 0.290 e. The quantitative estimate of drug-likeness (QED) is 0.699. The molecule has 0 radical (unpaired) electrons. The molecule has 72 valence electrons. The van der Waals surface area contributed by atoms with Crippen LogP contribution in [0.4, 0.5) is 0 Å². The minimum absolute atomic E-state index is 0.316. The molecule has 2 aromatic rings. The van der Waals surface area contributed by atoms with E-state index in [1.807, 2.05) is 13.0 Å². The molecule has 2 N–H and O–H groups in total. The van der Waals surface area contributed by atoms with E-state index in [1.54, 1.807) is 6.07 Å². The topological polar surface area (TPSA) is 53.1 Å². The molecule has 0 unspecified atom stereocenters. The van der Waals surface area contributed by atoms with Crippen LogP contribution in [0.2, 0.25) is 5.02 Å². The summed E-state index contributed by atoms with van der Waals surface area (Å²) < 4.78 is 0. The van der Waals surface area contributed by atoms with E-state index in [0.717, 1.165) is 5.56 Å². The van der Waals surface area contributed by atoms with E-state index in [9.17, 15) is 9.90 Å². The lowest BCUT2D eigenvalue weighted by Crippen LogP contribution is -2.04. The number of hydrogen-bond acceptors (Lipinski definition) is 2. The molecule has 0 amide bonds. The van der Waals surface area contributed by atoms with Gasteiger partial charge in [-0.2, -0.15) is 0 Å². The van der Waals surface area contributed by atoms with Crippen molar-refractivity contribution in [3.05, 3.63) is 39.1 Å². The van der Waals surface area contributed by atoms with Crippen molar-refractivity contribution in [1.29, 1.82) is 0 Å². The highest BCUT2D eigenvalue weighted by Gasteiger charge is 2.04. The normalized spacial score (nSPS) is 10.7. The first-order chi connectivity index (χ1) is 6.58. The zero-order valence-corrected chi connectivity index (χ0v) is 8.22. The van der Waals surface area contributed by atoms with Gasteiger partial charge in [0.1, 0.15) is 0 Å². The number of hydrogen-bond donors (Lipinski definition) is 2. The van der Waals surface area contributed by atoms with Crippen LogP contribution in [0.3, 0.4) is 0 Å². The summed E-state index contributed by atoms with van der Waals surface area (Å²) in [6.07, 6.45) is 0. The van der Waals surface area contributed by atoms with E-state index in [1.165, 1.54) is 6.07 Å². The Hall–Kier alpha value is -1.48. The summed E-state index contributed by atoms with van der Waals surface area (Å²) in [6.45, 7) is 1.89. The van der Waals surface area contributed by atoms with Gasteiger partial charge in [-0.05, 0) is 30.7 Å². The summed E-state index contributed by atoms with van der Waals surface area (Å²) >= 11 is 5.95. The molecule has 4 heteroatoms. The highest BCUT2D eigenvalue weighted by Crippen LogP contribution is 2.24. The second-order valence-electron chi connectivity index (χ2n) is 3.19. The first-order valence-corrected chi connectivity index (χ1v) is 4.48. The molecule has 14 heavy (non-hydrogen) atoms. The van der Waals surface area contributed by atoms with E-state index in [-0.39, 0.29) is 5.75 Å². The van der Waals surface area contributed by atoms with Gasteiger partial charge in [-0.15, -0.1) is 0 Å². The highest BCUT2D eigenvalue weighted by molar-refractivity contribution is 6.35. The Labute approximate surface area is 85.0 Å². The zero-order chi connectivity index (χ0) is 10.3.